The number of hydrogen-bond donors (Lipinski definition) is 1. The molecular formula is C13H14N2O. The zero-order valence-corrected chi connectivity index (χ0v) is 9.40. The van der Waals surface area contributed by atoms with Gasteiger partial charge >= 0.3 is 0 Å². The van der Waals surface area contributed by atoms with E-state index in [-0.39, 0.29) is 0 Å². The maximum Gasteiger partial charge on any atom is 0.213 e. The molecule has 1 heterocycles. The van der Waals surface area contributed by atoms with E-state index in [1.54, 1.807) is 13.3 Å². The molecule has 16 heavy (non-hydrogen) atoms. The summed E-state index contributed by atoms with van der Waals surface area (Å²) >= 11 is 0. The molecule has 3 nitrogen and oxygen atoms in total. The van der Waals surface area contributed by atoms with E-state index in [1.165, 1.54) is 0 Å². The van der Waals surface area contributed by atoms with Crippen molar-refractivity contribution < 1.29 is 4.74 Å². The molecule has 0 spiro atoms. The van der Waals surface area contributed by atoms with Crippen molar-refractivity contribution in [2.45, 2.75) is 6.92 Å². The van der Waals surface area contributed by atoms with Crippen LogP contribution in [0.2, 0.25) is 0 Å². The van der Waals surface area contributed by atoms with E-state index in [0.29, 0.717) is 5.88 Å². The van der Waals surface area contributed by atoms with Gasteiger partial charge in [-0.1, -0.05) is 12.1 Å². The summed E-state index contributed by atoms with van der Waals surface area (Å²) in [5.41, 5.74) is 9.94. The minimum atomic E-state index is 0.610. The molecule has 82 valence electrons. The molecule has 0 amide bonds. The molecule has 0 radical (unpaired) electrons. The SMILES string of the molecule is COc1cc(-c2cccc(N)c2C)ccn1. The maximum absolute atomic E-state index is 5.88. The van der Waals surface area contributed by atoms with Crippen LogP contribution in [0.4, 0.5) is 5.69 Å². The molecule has 1 aromatic heterocycles. The Kier molecular flexibility index (Phi) is 2.77. The smallest absolute Gasteiger partial charge is 0.213 e. The van der Waals surface area contributed by atoms with Gasteiger partial charge in [0, 0.05) is 18.0 Å². The van der Waals surface area contributed by atoms with Crippen molar-refractivity contribution in [2.75, 3.05) is 12.8 Å². The highest BCUT2D eigenvalue weighted by Gasteiger charge is 2.05. The molecule has 0 bridgehead atoms. The Morgan fingerprint density at radius 2 is 2.06 bits per heavy atom. The van der Waals surface area contributed by atoms with Crippen molar-refractivity contribution in [1.29, 1.82) is 0 Å². The van der Waals surface area contributed by atoms with Crippen LogP contribution in [-0.2, 0) is 0 Å². The van der Waals surface area contributed by atoms with Crippen LogP contribution in [0.5, 0.6) is 5.88 Å². The third-order valence-electron chi connectivity index (χ3n) is 2.63. The Hall–Kier alpha value is -2.03. The molecule has 0 saturated carbocycles. The van der Waals surface area contributed by atoms with Crippen molar-refractivity contribution in [1.82, 2.24) is 4.98 Å². The Labute approximate surface area is 94.9 Å². The second-order valence-electron chi connectivity index (χ2n) is 3.61. The Balaban J connectivity index is 2.54. The van der Waals surface area contributed by atoms with Crippen molar-refractivity contribution in [3.8, 4) is 17.0 Å². The van der Waals surface area contributed by atoms with Gasteiger partial charge in [0.15, 0.2) is 0 Å². The van der Waals surface area contributed by atoms with E-state index in [4.69, 9.17) is 10.5 Å². The van der Waals surface area contributed by atoms with E-state index in [0.717, 1.165) is 22.4 Å². The van der Waals surface area contributed by atoms with Gasteiger partial charge < -0.3 is 10.5 Å². The van der Waals surface area contributed by atoms with E-state index in [2.05, 4.69) is 4.98 Å². The van der Waals surface area contributed by atoms with E-state index in [9.17, 15) is 0 Å². The average molecular weight is 214 g/mol. The lowest BCUT2D eigenvalue weighted by atomic mass is 10.0. The molecule has 2 N–H and O–H groups in total. The number of methoxy groups -OCH3 is 1. The van der Waals surface area contributed by atoms with Crippen LogP contribution in [0.25, 0.3) is 11.1 Å². The molecule has 0 aliphatic carbocycles. The van der Waals surface area contributed by atoms with Crippen LogP contribution < -0.4 is 10.5 Å². The summed E-state index contributed by atoms with van der Waals surface area (Å²) in [5.74, 6) is 0.610. The topological polar surface area (TPSA) is 48.1 Å². The molecule has 0 unspecified atom stereocenters. The molecule has 0 saturated heterocycles. The first-order valence-corrected chi connectivity index (χ1v) is 5.08. The fourth-order valence-corrected chi connectivity index (χ4v) is 1.65. The molecule has 0 aliphatic rings. The lowest BCUT2D eigenvalue weighted by Gasteiger charge is -2.09. The number of nitrogen functional groups attached to an aromatic ring is 1. The van der Waals surface area contributed by atoms with Gasteiger partial charge in [0.25, 0.3) is 0 Å². The highest BCUT2D eigenvalue weighted by Crippen LogP contribution is 2.28. The van der Waals surface area contributed by atoms with Crippen molar-refractivity contribution in [3.63, 3.8) is 0 Å². The van der Waals surface area contributed by atoms with Crippen LogP contribution in [0.15, 0.2) is 36.5 Å². The van der Waals surface area contributed by atoms with Crippen LogP contribution in [0.3, 0.4) is 0 Å². The van der Waals surface area contributed by atoms with E-state index in [1.807, 2.05) is 37.3 Å². The van der Waals surface area contributed by atoms with Crippen LogP contribution in [0.1, 0.15) is 5.56 Å². The van der Waals surface area contributed by atoms with Crippen molar-refractivity contribution in [3.05, 3.63) is 42.1 Å². The van der Waals surface area contributed by atoms with Crippen LogP contribution in [-0.4, -0.2) is 12.1 Å². The second-order valence-corrected chi connectivity index (χ2v) is 3.61. The standard InChI is InChI=1S/C13H14N2O/c1-9-11(4-3-5-12(9)14)10-6-7-15-13(8-10)16-2/h3-8H,14H2,1-2H3. The predicted octanol–water partition coefficient (Wildman–Crippen LogP) is 2.65. The van der Waals surface area contributed by atoms with Gasteiger partial charge in [-0.25, -0.2) is 4.98 Å². The van der Waals surface area contributed by atoms with E-state index < -0.39 is 0 Å². The quantitative estimate of drug-likeness (QED) is 0.782. The fourth-order valence-electron chi connectivity index (χ4n) is 1.65. The third kappa shape index (κ3) is 1.84. The number of pyridine rings is 1. The molecule has 2 aromatic rings. The molecule has 2 rings (SSSR count). The van der Waals surface area contributed by atoms with Gasteiger partial charge in [0.2, 0.25) is 5.88 Å². The van der Waals surface area contributed by atoms with Gasteiger partial charge in [-0.3, -0.25) is 0 Å². The van der Waals surface area contributed by atoms with Gasteiger partial charge in [-0.2, -0.15) is 0 Å². The Morgan fingerprint density at radius 1 is 1.25 bits per heavy atom. The summed E-state index contributed by atoms with van der Waals surface area (Å²) in [4.78, 5) is 4.08. The summed E-state index contributed by atoms with van der Waals surface area (Å²) in [6.45, 7) is 2.01. The average Bonchev–Trinajstić information content (AvgIpc) is 2.33. The number of ether oxygens (including phenoxy) is 1. The summed E-state index contributed by atoms with van der Waals surface area (Å²) in [6, 6.07) is 9.74. The molecule has 0 fully saturated rings. The highest BCUT2D eigenvalue weighted by molar-refractivity contribution is 5.72. The molecule has 0 aliphatic heterocycles. The Bertz CT molecular complexity index is 509. The van der Waals surface area contributed by atoms with Crippen molar-refractivity contribution in [2.24, 2.45) is 0 Å². The first kappa shape index (κ1) is 10.5. The lowest BCUT2D eigenvalue weighted by Crippen LogP contribution is -1.93. The van der Waals surface area contributed by atoms with Crippen molar-refractivity contribution >= 4 is 5.69 Å². The summed E-state index contributed by atoms with van der Waals surface area (Å²) in [6.07, 6.45) is 1.73. The van der Waals surface area contributed by atoms with Crippen LogP contribution in [0, 0.1) is 6.92 Å². The number of rotatable bonds is 2. The number of anilines is 1. The largest absolute Gasteiger partial charge is 0.481 e. The van der Waals surface area contributed by atoms with Crippen LogP contribution >= 0.6 is 0 Å². The molecular weight excluding hydrogens is 200 g/mol. The number of benzene rings is 1. The molecule has 3 heteroatoms. The first-order valence-electron chi connectivity index (χ1n) is 5.08. The zero-order valence-electron chi connectivity index (χ0n) is 9.40. The van der Waals surface area contributed by atoms with Gasteiger partial charge in [-0.05, 0) is 35.7 Å². The number of aromatic nitrogens is 1. The number of hydrogen-bond acceptors (Lipinski definition) is 3. The number of nitrogens with two attached hydrogens (primary N) is 1. The minimum absolute atomic E-state index is 0.610. The third-order valence-corrected chi connectivity index (χ3v) is 2.63. The molecule has 1 aromatic carbocycles. The van der Waals surface area contributed by atoms with Gasteiger partial charge in [0.05, 0.1) is 7.11 Å². The first-order chi connectivity index (χ1) is 7.72. The zero-order chi connectivity index (χ0) is 11.5. The monoisotopic (exact) mass is 214 g/mol. The van der Waals surface area contributed by atoms with E-state index >= 15 is 0 Å². The lowest BCUT2D eigenvalue weighted by molar-refractivity contribution is 0.398. The van der Waals surface area contributed by atoms with Gasteiger partial charge in [0.1, 0.15) is 0 Å². The number of nitrogens with zero attached hydrogens (tertiary/aromatic N) is 1. The van der Waals surface area contributed by atoms with Gasteiger partial charge in [-0.15, -0.1) is 0 Å². The molecule has 0 atom stereocenters. The maximum atomic E-state index is 5.88. The summed E-state index contributed by atoms with van der Waals surface area (Å²) in [7, 11) is 1.61. The minimum Gasteiger partial charge on any atom is -0.481 e. The fraction of sp³-hybridized carbons (Fsp3) is 0.154. The normalized spacial score (nSPS) is 10.1. The second kappa shape index (κ2) is 4.23. The summed E-state index contributed by atoms with van der Waals surface area (Å²) in [5, 5.41) is 0. The highest BCUT2D eigenvalue weighted by atomic mass is 16.5. The summed E-state index contributed by atoms with van der Waals surface area (Å²) < 4.78 is 5.10. The Morgan fingerprint density at radius 3 is 2.81 bits per heavy atom. The predicted molar refractivity (Wildman–Crippen MR) is 65.4 cm³/mol.